The number of rotatable bonds is 8. The molecule has 1 aliphatic heterocycles. The Kier molecular flexibility index (Phi) is 7.61. The Bertz CT molecular complexity index is 1010. The number of hydrogen-bond acceptors (Lipinski definition) is 4. The van der Waals surface area contributed by atoms with Crippen molar-refractivity contribution in [2.24, 2.45) is 0 Å². The Morgan fingerprint density at radius 3 is 2.29 bits per heavy atom. The van der Waals surface area contributed by atoms with Gasteiger partial charge in [0.2, 0.25) is 15.9 Å². The molecule has 31 heavy (non-hydrogen) atoms. The molecule has 2 aromatic carbocycles. The van der Waals surface area contributed by atoms with Crippen LogP contribution >= 0.6 is 0 Å². The first kappa shape index (κ1) is 23.1. The number of benzene rings is 2. The van der Waals surface area contributed by atoms with Gasteiger partial charge in [-0.2, -0.15) is 0 Å². The quantitative estimate of drug-likeness (QED) is 0.670. The fraction of sp³-hybridized carbons (Fsp3) is 0.409. The van der Waals surface area contributed by atoms with Crippen LogP contribution in [0.15, 0.2) is 42.5 Å². The lowest BCUT2D eigenvalue weighted by Crippen LogP contribution is -2.40. The van der Waals surface area contributed by atoms with Crippen LogP contribution in [0.2, 0.25) is 0 Å². The second-order valence-electron chi connectivity index (χ2n) is 7.80. The van der Waals surface area contributed by atoms with Crippen LogP contribution in [-0.2, 0) is 27.9 Å². The molecule has 0 unspecified atom stereocenters. The number of nitrogens with one attached hydrogen (secondary N) is 1. The summed E-state index contributed by atoms with van der Waals surface area (Å²) in [7, 11) is -3.95. The van der Waals surface area contributed by atoms with Crippen molar-refractivity contribution in [3.63, 3.8) is 0 Å². The van der Waals surface area contributed by atoms with Crippen LogP contribution in [0.4, 0.5) is 14.5 Å². The lowest BCUT2D eigenvalue weighted by Gasteiger charge is -2.26. The maximum atomic E-state index is 14.1. The summed E-state index contributed by atoms with van der Waals surface area (Å²) in [6.07, 6.45) is 4.62. The van der Waals surface area contributed by atoms with Gasteiger partial charge in [0.15, 0.2) is 0 Å². The molecule has 6 nitrogen and oxygen atoms in total. The zero-order valence-corrected chi connectivity index (χ0v) is 18.3. The van der Waals surface area contributed by atoms with E-state index in [4.69, 9.17) is 0 Å². The fourth-order valence-electron chi connectivity index (χ4n) is 3.59. The molecule has 2 aromatic rings. The highest BCUT2D eigenvalue weighted by Gasteiger charge is 2.24. The molecule has 1 amide bonds. The van der Waals surface area contributed by atoms with Gasteiger partial charge in [-0.25, -0.2) is 17.2 Å². The fourth-order valence-corrected chi connectivity index (χ4v) is 4.45. The van der Waals surface area contributed by atoms with Gasteiger partial charge in [-0.05, 0) is 49.2 Å². The summed E-state index contributed by atoms with van der Waals surface area (Å²) in [5, 5.41) is 2.65. The van der Waals surface area contributed by atoms with E-state index in [9.17, 15) is 22.0 Å². The highest BCUT2D eigenvalue weighted by Crippen LogP contribution is 2.22. The van der Waals surface area contributed by atoms with Crippen LogP contribution in [0, 0.1) is 11.6 Å². The van der Waals surface area contributed by atoms with Gasteiger partial charge in [0, 0.05) is 19.2 Å². The maximum absolute atomic E-state index is 14.1. The van der Waals surface area contributed by atoms with Gasteiger partial charge in [-0.3, -0.25) is 14.0 Å². The zero-order chi connectivity index (χ0) is 22.4. The molecular formula is C22H27F2N3O3S. The van der Waals surface area contributed by atoms with Crippen LogP contribution in [0.3, 0.4) is 0 Å². The number of piperidine rings is 1. The van der Waals surface area contributed by atoms with E-state index in [0.717, 1.165) is 43.6 Å². The number of likely N-dealkylation sites (tertiary alicyclic amines) is 1. The molecule has 9 heteroatoms. The number of nitrogens with zero attached hydrogens (tertiary/aromatic N) is 2. The lowest BCUT2D eigenvalue weighted by molar-refractivity contribution is -0.119. The Morgan fingerprint density at radius 2 is 1.68 bits per heavy atom. The number of amides is 1. The molecule has 3 rings (SSSR count). The average molecular weight is 452 g/mol. The predicted octanol–water partition coefficient (Wildman–Crippen LogP) is 3.03. The second kappa shape index (κ2) is 10.2. The van der Waals surface area contributed by atoms with E-state index in [-0.39, 0.29) is 12.2 Å². The van der Waals surface area contributed by atoms with Gasteiger partial charge < -0.3 is 5.32 Å². The average Bonchev–Trinajstić information content (AvgIpc) is 2.72. The van der Waals surface area contributed by atoms with Crippen LogP contribution in [0.5, 0.6) is 0 Å². The summed E-state index contributed by atoms with van der Waals surface area (Å²) < 4.78 is 52.0. The van der Waals surface area contributed by atoms with Crippen LogP contribution in [0.25, 0.3) is 0 Å². The van der Waals surface area contributed by atoms with E-state index in [2.05, 4.69) is 10.2 Å². The molecule has 1 heterocycles. The summed E-state index contributed by atoms with van der Waals surface area (Å²) in [4.78, 5) is 14.8. The van der Waals surface area contributed by atoms with E-state index in [1.165, 1.54) is 24.8 Å². The Balaban J connectivity index is 1.57. The largest absolute Gasteiger partial charge is 0.350 e. The van der Waals surface area contributed by atoms with Crippen molar-refractivity contribution >= 4 is 21.6 Å². The molecular weight excluding hydrogens is 424 g/mol. The summed E-state index contributed by atoms with van der Waals surface area (Å²) in [5.74, 6) is -2.48. The van der Waals surface area contributed by atoms with Gasteiger partial charge in [0.05, 0.1) is 11.9 Å². The van der Waals surface area contributed by atoms with Crippen molar-refractivity contribution in [3.8, 4) is 0 Å². The SMILES string of the molecule is CS(=O)(=O)N(CC(=O)NCc1ccc(CN2CCCCC2)cc1)c1ccc(F)cc1F. The third-order valence-electron chi connectivity index (χ3n) is 5.23. The van der Waals surface area contributed by atoms with Crippen LogP contribution in [-0.4, -0.2) is 45.1 Å². The smallest absolute Gasteiger partial charge is 0.241 e. The molecule has 0 radical (unpaired) electrons. The highest BCUT2D eigenvalue weighted by atomic mass is 32.2. The Labute approximate surface area is 181 Å². The van der Waals surface area contributed by atoms with Gasteiger partial charge in [0.1, 0.15) is 18.2 Å². The standard InChI is InChI=1S/C22H27F2N3O3S/c1-31(29,30)27(21-10-9-19(23)13-20(21)24)16-22(28)25-14-17-5-7-18(8-6-17)15-26-11-3-2-4-12-26/h5-10,13H,2-4,11-12,14-16H2,1H3,(H,25,28). The Hall–Kier alpha value is -2.52. The molecule has 1 saturated heterocycles. The summed E-state index contributed by atoms with van der Waals surface area (Å²) >= 11 is 0. The summed E-state index contributed by atoms with van der Waals surface area (Å²) in [5.41, 5.74) is 1.70. The van der Waals surface area contributed by atoms with Gasteiger partial charge >= 0.3 is 0 Å². The van der Waals surface area contributed by atoms with Crippen LogP contribution < -0.4 is 9.62 Å². The van der Waals surface area contributed by atoms with Crippen LogP contribution in [0.1, 0.15) is 30.4 Å². The molecule has 168 valence electrons. The van der Waals surface area contributed by atoms with Crippen molar-refractivity contribution in [1.29, 1.82) is 0 Å². The first-order valence-corrected chi connectivity index (χ1v) is 12.1. The van der Waals surface area contributed by atoms with E-state index < -0.39 is 34.1 Å². The molecule has 0 bridgehead atoms. The number of hydrogen-bond donors (Lipinski definition) is 1. The molecule has 0 atom stereocenters. The molecule has 0 saturated carbocycles. The van der Waals surface area contributed by atoms with Crippen molar-refractivity contribution in [3.05, 3.63) is 65.2 Å². The van der Waals surface area contributed by atoms with Crippen molar-refractivity contribution in [1.82, 2.24) is 10.2 Å². The monoisotopic (exact) mass is 451 g/mol. The Morgan fingerprint density at radius 1 is 1.03 bits per heavy atom. The molecule has 1 N–H and O–H groups in total. The minimum absolute atomic E-state index is 0.215. The topological polar surface area (TPSA) is 69.7 Å². The maximum Gasteiger partial charge on any atom is 0.241 e. The number of anilines is 1. The lowest BCUT2D eigenvalue weighted by atomic mass is 10.1. The van der Waals surface area contributed by atoms with E-state index in [0.29, 0.717) is 10.4 Å². The minimum Gasteiger partial charge on any atom is -0.350 e. The highest BCUT2D eigenvalue weighted by molar-refractivity contribution is 7.92. The summed E-state index contributed by atoms with van der Waals surface area (Å²) in [6, 6.07) is 10.4. The number of carbonyl (C=O) groups excluding carboxylic acids is 1. The van der Waals surface area contributed by atoms with E-state index in [1.807, 2.05) is 24.3 Å². The zero-order valence-electron chi connectivity index (χ0n) is 17.5. The third-order valence-corrected chi connectivity index (χ3v) is 6.36. The van der Waals surface area contributed by atoms with E-state index >= 15 is 0 Å². The summed E-state index contributed by atoms with van der Waals surface area (Å²) in [6.45, 7) is 2.74. The number of sulfonamides is 1. The number of carbonyl (C=O) groups is 1. The molecule has 1 fully saturated rings. The van der Waals surface area contributed by atoms with E-state index in [1.54, 1.807) is 0 Å². The predicted molar refractivity (Wildman–Crippen MR) is 116 cm³/mol. The first-order chi connectivity index (χ1) is 14.7. The van der Waals surface area contributed by atoms with Gasteiger partial charge in [0.25, 0.3) is 0 Å². The third kappa shape index (κ3) is 6.73. The second-order valence-corrected chi connectivity index (χ2v) is 9.70. The molecule has 0 aromatic heterocycles. The first-order valence-electron chi connectivity index (χ1n) is 10.2. The van der Waals surface area contributed by atoms with Gasteiger partial charge in [-0.15, -0.1) is 0 Å². The molecule has 0 spiro atoms. The normalized spacial score (nSPS) is 14.9. The number of halogens is 2. The molecule has 1 aliphatic rings. The van der Waals surface area contributed by atoms with Crippen molar-refractivity contribution in [2.45, 2.75) is 32.4 Å². The minimum atomic E-state index is -3.95. The molecule has 0 aliphatic carbocycles. The van der Waals surface area contributed by atoms with Crippen molar-refractivity contribution in [2.75, 3.05) is 30.2 Å². The van der Waals surface area contributed by atoms with Crippen molar-refractivity contribution < 1.29 is 22.0 Å². The van der Waals surface area contributed by atoms with Gasteiger partial charge in [-0.1, -0.05) is 30.7 Å².